The molecule has 1 aromatic heterocycles. The number of nitrogens with one attached hydrogen (secondary N) is 2. The first-order valence-corrected chi connectivity index (χ1v) is 8.92. The normalized spacial score (nSPS) is 10.7. The molecule has 3 rings (SSSR count). The van der Waals surface area contributed by atoms with Gasteiger partial charge in [-0.25, -0.2) is 5.43 Å². The molecule has 3 aromatic rings. The van der Waals surface area contributed by atoms with E-state index in [9.17, 15) is 4.79 Å². The molecule has 9 heteroatoms. The largest absolute Gasteiger partial charge is 0.497 e. The van der Waals surface area contributed by atoms with Gasteiger partial charge in [0.25, 0.3) is 5.91 Å². The maximum Gasteiger partial charge on any atom is 0.271 e. The third-order valence-electron chi connectivity index (χ3n) is 4.34. The van der Waals surface area contributed by atoms with E-state index in [-0.39, 0.29) is 0 Å². The molecule has 0 aliphatic heterocycles. The summed E-state index contributed by atoms with van der Waals surface area (Å²) in [7, 11) is 6.07. The number of aromatic amines is 1. The SMILES string of the molecule is COc1ccc(-c2[nH]ncc2/C=N\NC(=O)c2cc(OC)c(OC)c(OC)c2)cc1. The summed E-state index contributed by atoms with van der Waals surface area (Å²) < 4.78 is 21.0. The lowest BCUT2D eigenvalue weighted by Crippen LogP contribution is -2.18. The number of rotatable bonds is 8. The minimum atomic E-state index is -0.431. The van der Waals surface area contributed by atoms with Crippen molar-refractivity contribution in [3.8, 4) is 34.3 Å². The predicted octanol–water partition coefficient (Wildman–Crippen LogP) is 2.88. The third kappa shape index (κ3) is 4.35. The molecule has 30 heavy (non-hydrogen) atoms. The van der Waals surface area contributed by atoms with Gasteiger partial charge in [0.1, 0.15) is 5.75 Å². The van der Waals surface area contributed by atoms with Crippen LogP contribution in [0.1, 0.15) is 15.9 Å². The molecule has 0 radical (unpaired) electrons. The third-order valence-corrected chi connectivity index (χ3v) is 4.34. The van der Waals surface area contributed by atoms with Gasteiger partial charge in [-0.15, -0.1) is 0 Å². The number of carbonyl (C=O) groups excluding carboxylic acids is 1. The molecule has 2 aromatic carbocycles. The Hall–Kier alpha value is -4.01. The number of hydrogen-bond acceptors (Lipinski definition) is 7. The fourth-order valence-corrected chi connectivity index (χ4v) is 2.82. The average molecular weight is 410 g/mol. The molecule has 0 aliphatic carbocycles. The first-order chi connectivity index (χ1) is 14.6. The highest BCUT2D eigenvalue weighted by molar-refractivity contribution is 5.96. The molecular formula is C21H22N4O5. The Kier molecular flexibility index (Phi) is 6.53. The van der Waals surface area contributed by atoms with Crippen LogP contribution in [0.15, 0.2) is 47.7 Å². The summed E-state index contributed by atoms with van der Waals surface area (Å²) in [6, 6.07) is 10.6. The summed E-state index contributed by atoms with van der Waals surface area (Å²) in [4.78, 5) is 12.5. The van der Waals surface area contributed by atoms with Gasteiger partial charge in [0.05, 0.1) is 46.5 Å². The van der Waals surface area contributed by atoms with E-state index in [1.807, 2.05) is 24.3 Å². The van der Waals surface area contributed by atoms with E-state index in [0.717, 1.165) is 17.0 Å². The zero-order valence-electron chi connectivity index (χ0n) is 17.1. The van der Waals surface area contributed by atoms with Crippen LogP contribution in [0.25, 0.3) is 11.3 Å². The number of H-pyrrole nitrogens is 1. The minimum absolute atomic E-state index is 0.309. The van der Waals surface area contributed by atoms with Crippen LogP contribution in [-0.2, 0) is 0 Å². The molecular weight excluding hydrogens is 388 g/mol. The number of benzene rings is 2. The van der Waals surface area contributed by atoms with Crippen LogP contribution in [0.5, 0.6) is 23.0 Å². The lowest BCUT2D eigenvalue weighted by Gasteiger charge is -2.13. The summed E-state index contributed by atoms with van der Waals surface area (Å²) in [5.74, 6) is 1.49. The van der Waals surface area contributed by atoms with E-state index in [1.165, 1.54) is 27.5 Å². The van der Waals surface area contributed by atoms with Crippen molar-refractivity contribution < 1.29 is 23.7 Å². The highest BCUT2D eigenvalue weighted by Crippen LogP contribution is 2.38. The molecule has 1 heterocycles. The molecule has 1 amide bonds. The minimum Gasteiger partial charge on any atom is -0.497 e. The van der Waals surface area contributed by atoms with E-state index in [1.54, 1.807) is 25.4 Å². The van der Waals surface area contributed by atoms with Crippen molar-refractivity contribution in [3.63, 3.8) is 0 Å². The number of nitrogens with zero attached hydrogens (tertiary/aromatic N) is 2. The highest BCUT2D eigenvalue weighted by Gasteiger charge is 2.16. The molecule has 0 fully saturated rings. The van der Waals surface area contributed by atoms with E-state index in [2.05, 4.69) is 20.7 Å². The zero-order chi connectivity index (χ0) is 21.5. The van der Waals surface area contributed by atoms with Crippen LogP contribution in [0.3, 0.4) is 0 Å². The Morgan fingerprint density at radius 3 is 2.23 bits per heavy atom. The van der Waals surface area contributed by atoms with Gasteiger partial charge < -0.3 is 18.9 Å². The lowest BCUT2D eigenvalue weighted by molar-refractivity contribution is 0.0954. The molecule has 0 unspecified atom stereocenters. The molecule has 0 saturated carbocycles. The molecule has 9 nitrogen and oxygen atoms in total. The number of amides is 1. The summed E-state index contributed by atoms with van der Waals surface area (Å²) in [5, 5.41) is 11.0. The standard InChI is InChI=1S/C21H22N4O5/c1-27-16-7-5-13(6-8-16)19-15(11-22-24-19)12-23-25-21(26)14-9-17(28-2)20(30-4)18(10-14)29-3/h5-12H,1-4H3,(H,22,24)(H,25,26)/b23-12-. The van der Waals surface area contributed by atoms with E-state index >= 15 is 0 Å². The lowest BCUT2D eigenvalue weighted by atomic mass is 10.1. The van der Waals surface area contributed by atoms with Gasteiger partial charge >= 0.3 is 0 Å². The van der Waals surface area contributed by atoms with Crippen molar-refractivity contribution >= 4 is 12.1 Å². The Balaban J connectivity index is 1.76. The number of hydrazone groups is 1. The van der Waals surface area contributed by atoms with Crippen LogP contribution >= 0.6 is 0 Å². The number of methoxy groups -OCH3 is 4. The Morgan fingerprint density at radius 2 is 1.67 bits per heavy atom. The molecule has 0 bridgehead atoms. The summed E-state index contributed by atoms with van der Waals surface area (Å²) in [5.41, 5.74) is 5.19. The smallest absolute Gasteiger partial charge is 0.271 e. The molecule has 0 atom stereocenters. The van der Waals surface area contributed by atoms with Gasteiger partial charge in [-0.2, -0.15) is 10.2 Å². The van der Waals surface area contributed by atoms with E-state index in [4.69, 9.17) is 18.9 Å². The molecule has 156 valence electrons. The topological polar surface area (TPSA) is 107 Å². The maximum atomic E-state index is 12.5. The second-order valence-electron chi connectivity index (χ2n) is 6.04. The van der Waals surface area contributed by atoms with Crippen LogP contribution < -0.4 is 24.4 Å². The molecule has 2 N–H and O–H groups in total. The quantitative estimate of drug-likeness (QED) is 0.437. The monoisotopic (exact) mass is 410 g/mol. The van der Waals surface area contributed by atoms with Gasteiger partial charge in [0.15, 0.2) is 11.5 Å². The van der Waals surface area contributed by atoms with Crippen molar-refractivity contribution in [2.75, 3.05) is 28.4 Å². The van der Waals surface area contributed by atoms with Gasteiger partial charge in [0.2, 0.25) is 5.75 Å². The average Bonchev–Trinajstić information content (AvgIpc) is 3.26. The predicted molar refractivity (Wildman–Crippen MR) is 112 cm³/mol. The van der Waals surface area contributed by atoms with Crippen LogP contribution in [0.4, 0.5) is 0 Å². The van der Waals surface area contributed by atoms with Crippen LogP contribution in [0, 0.1) is 0 Å². The summed E-state index contributed by atoms with van der Waals surface area (Å²) >= 11 is 0. The van der Waals surface area contributed by atoms with Crippen LogP contribution in [-0.4, -0.2) is 50.8 Å². The van der Waals surface area contributed by atoms with Gasteiger partial charge in [0, 0.05) is 16.7 Å². The molecule has 0 saturated heterocycles. The van der Waals surface area contributed by atoms with Crippen molar-refractivity contribution in [2.24, 2.45) is 5.10 Å². The second-order valence-corrected chi connectivity index (χ2v) is 6.04. The van der Waals surface area contributed by atoms with E-state index in [0.29, 0.717) is 28.4 Å². The number of aromatic nitrogens is 2. The Morgan fingerprint density at radius 1 is 1.00 bits per heavy atom. The fourth-order valence-electron chi connectivity index (χ4n) is 2.82. The molecule has 0 spiro atoms. The number of carbonyl (C=O) groups is 1. The molecule has 0 aliphatic rings. The van der Waals surface area contributed by atoms with Crippen molar-refractivity contribution in [1.29, 1.82) is 0 Å². The first kappa shape index (κ1) is 20.7. The fraction of sp³-hybridized carbons (Fsp3) is 0.190. The van der Waals surface area contributed by atoms with Crippen LogP contribution in [0.2, 0.25) is 0 Å². The number of ether oxygens (including phenoxy) is 4. The Bertz CT molecular complexity index is 1020. The summed E-state index contributed by atoms with van der Waals surface area (Å²) in [6.07, 6.45) is 3.13. The maximum absolute atomic E-state index is 12.5. The Labute approximate surface area is 173 Å². The highest BCUT2D eigenvalue weighted by atomic mass is 16.5. The van der Waals surface area contributed by atoms with Crippen molar-refractivity contribution in [3.05, 3.63) is 53.7 Å². The zero-order valence-corrected chi connectivity index (χ0v) is 17.1. The second kappa shape index (κ2) is 9.46. The number of hydrogen-bond donors (Lipinski definition) is 2. The van der Waals surface area contributed by atoms with Gasteiger partial charge in [-0.05, 0) is 36.4 Å². The van der Waals surface area contributed by atoms with Crippen molar-refractivity contribution in [2.45, 2.75) is 0 Å². The van der Waals surface area contributed by atoms with Gasteiger partial charge in [-0.3, -0.25) is 9.89 Å². The van der Waals surface area contributed by atoms with E-state index < -0.39 is 5.91 Å². The summed E-state index contributed by atoms with van der Waals surface area (Å²) in [6.45, 7) is 0. The van der Waals surface area contributed by atoms with Crippen molar-refractivity contribution in [1.82, 2.24) is 15.6 Å². The van der Waals surface area contributed by atoms with Gasteiger partial charge in [-0.1, -0.05) is 0 Å². The first-order valence-electron chi connectivity index (χ1n) is 8.92.